The van der Waals surface area contributed by atoms with E-state index in [0.29, 0.717) is 11.9 Å². The Kier molecular flexibility index (Phi) is 2.95. The Morgan fingerprint density at radius 2 is 1.81 bits per heavy atom. The second-order valence-electron chi connectivity index (χ2n) is 7.50. The van der Waals surface area contributed by atoms with Gasteiger partial charge >= 0.3 is 0 Å². The van der Waals surface area contributed by atoms with Crippen molar-refractivity contribution in [2.45, 2.75) is 44.9 Å². The number of pyridine rings is 1. The Morgan fingerprint density at radius 1 is 1.19 bits per heavy atom. The van der Waals surface area contributed by atoms with E-state index < -0.39 is 0 Å². The molecular weight excluding hydrogens is 264 g/mol. The standard InChI is InChI=1S/C17H22N2O2/c20-16(18-15-3-1-2-4-19(15)21)11-17-8-12-5-13(9-17)7-14(6-12)10-17/h1-4,12-14,21H,5-11H2. The maximum atomic E-state index is 12.4. The van der Waals surface area contributed by atoms with Crippen molar-refractivity contribution in [1.82, 2.24) is 4.73 Å². The van der Waals surface area contributed by atoms with Crippen molar-refractivity contribution in [2.75, 3.05) is 0 Å². The highest BCUT2D eigenvalue weighted by molar-refractivity contribution is 5.77. The van der Waals surface area contributed by atoms with E-state index in [-0.39, 0.29) is 11.3 Å². The summed E-state index contributed by atoms with van der Waals surface area (Å²) in [5.41, 5.74) is 0.539. The van der Waals surface area contributed by atoms with Crippen LogP contribution in [0.5, 0.6) is 0 Å². The van der Waals surface area contributed by atoms with Gasteiger partial charge in [-0.05, 0) is 73.8 Å². The van der Waals surface area contributed by atoms with Crippen LogP contribution in [0.4, 0.5) is 0 Å². The van der Waals surface area contributed by atoms with Crippen LogP contribution in [0.2, 0.25) is 0 Å². The summed E-state index contributed by atoms with van der Waals surface area (Å²) in [6.45, 7) is 0. The van der Waals surface area contributed by atoms with Gasteiger partial charge in [0.15, 0.2) is 5.49 Å². The first kappa shape index (κ1) is 13.1. The lowest BCUT2D eigenvalue weighted by molar-refractivity contribution is -0.126. The predicted octanol–water partition coefficient (Wildman–Crippen LogP) is 2.76. The Bertz CT molecular complexity index is 596. The zero-order chi connectivity index (χ0) is 14.4. The van der Waals surface area contributed by atoms with Gasteiger partial charge < -0.3 is 5.21 Å². The molecule has 0 radical (unpaired) electrons. The second-order valence-corrected chi connectivity index (χ2v) is 7.50. The molecule has 1 N–H and O–H groups in total. The van der Waals surface area contributed by atoms with E-state index >= 15 is 0 Å². The normalized spacial score (nSPS) is 37.9. The van der Waals surface area contributed by atoms with Crippen molar-refractivity contribution in [1.29, 1.82) is 0 Å². The molecule has 1 heterocycles. The highest BCUT2D eigenvalue weighted by Gasteiger charge is 2.51. The molecule has 0 aliphatic heterocycles. The molecule has 21 heavy (non-hydrogen) atoms. The highest BCUT2D eigenvalue weighted by Crippen LogP contribution is 2.61. The van der Waals surface area contributed by atoms with E-state index in [4.69, 9.17) is 0 Å². The van der Waals surface area contributed by atoms with Gasteiger partial charge in [-0.3, -0.25) is 4.79 Å². The zero-order valence-corrected chi connectivity index (χ0v) is 12.2. The zero-order valence-electron chi connectivity index (χ0n) is 12.2. The Labute approximate surface area is 124 Å². The molecular formula is C17H22N2O2. The van der Waals surface area contributed by atoms with E-state index in [0.717, 1.165) is 22.5 Å². The molecule has 0 saturated heterocycles. The molecule has 0 atom stereocenters. The van der Waals surface area contributed by atoms with Gasteiger partial charge in [0, 0.05) is 12.6 Å². The molecule has 0 aromatic carbocycles. The average molecular weight is 286 g/mol. The first-order valence-electron chi connectivity index (χ1n) is 8.06. The smallest absolute Gasteiger partial charge is 0.248 e. The Hall–Kier alpha value is -1.58. The van der Waals surface area contributed by atoms with Crippen LogP contribution in [0, 0.1) is 23.2 Å². The minimum atomic E-state index is -0.0778. The minimum absolute atomic E-state index is 0.0778. The largest absolute Gasteiger partial charge is 0.427 e. The van der Waals surface area contributed by atoms with Gasteiger partial charge in [-0.25, -0.2) is 0 Å². The Morgan fingerprint density at radius 3 is 2.38 bits per heavy atom. The number of carbonyl (C=O) groups excluding carboxylic acids is 1. The number of hydrogen-bond acceptors (Lipinski definition) is 2. The molecule has 1 amide bonds. The Balaban J connectivity index is 1.55. The predicted molar refractivity (Wildman–Crippen MR) is 77.4 cm³/mol. The summed E-state index contributed by atoms with van der Waals surface area (Å²) < 4.78 is 0.914. The molecule has 1 aromatic heterocycles. The van der Waals surface area contributed by atoms with E-state index in [1.165, 1.54) is 44.7 Å². The fourth-order valence-corrected chi connectivity index (χ4v) is 5.51. The number of nitrogens with zero attached hydrogens (tertiary/aromatic N) is 2. The van der Waals surface area contributed by atoms with Crippen LogP contribution in [0.25, 0.3) is 0 Å². The second kappa shape index (κ2) is 4.72. The van der Waals surface area contributed by atoms with Crippen LogP contribution in [-0.4, -0.2) is 15.8 Å². The summed E-state index contributed by atoms with van der Waals surface area (Å²) in [6.07, 6.45) is 9.87. The molecule has 4 heteroatoms. The van der Waals surface area contributed by atoms with Crippen LogP contribution in [0.3, 0.4) is 0 Å². The topological polar surface area (TPSA) is 54.6 Å². The number of hydrogen-bond donors (Lipinski definition) is 1. The van der Waals surface area contributed by atoms with Crippen molar-refractivity contribution in [2.24, 2.45) is 28.2 Å². The van der Waals surface area contributed by atoms with Gasteiger partial charge in [0.05, 0.1) is 0 Å². The first-order valence-corrected chi connectivity index (χ1v) is 8.06. The van der Waals surface area contributed by atoms with Crippen molar-refractivity contribution in [3.8, 4) is 0 Å². The van der Waals surface area contributed by atoms with Gasteiger partial charge in [0.1, 0.15) is 0 Å². The highest BCUT2D eigenvalue weighted by atomic mass is 16.5. The van der Waals surface area contributed by atoms with Crippen molar-refractivity contribution in [3.05, 3.63) is 29.9 Å². The summed E-state index contributed by atoms with van der Waals surface area (Å²) >= 11 is 0. The summed E-state index contributed by atoms with van der Waals surface area (Å²) in [5, 5.41) is 9.66. The lowest BCUT2D eigenvalue weighted by Gasteiger charge is -2.56. The fourth-order valence-electron chi connectivity index (χ4n) is 5.51. The third kappa shape index (κ3) is 2.41. The lowest BCUT2D eigenvalue weighted by Crippen LogP contribution is -2.46. The SMILES string of the molecule is O=C(CC12CC3CC(CC(C3)C1)C2)N=c1ccccn1O. The monoisotopic (exact) mass is 286 g/mol. The van der Waals surface area contributed by atoms with Crippen LogP contribution in [0.1, 0.15) is 44.9 Å². The van der Waals surface area contributed by atoms with E-state index in [2.05, 4.69) is 4.99 Å². The van der Waals surface area contributed by atoms with E-state index in [1.54, 1.807) is 18.2 Å². The molecule has 5 rings (SSSR count). The number of rotatable bonds is 2. The van der Waals surface area contributed by atoms with Crippen molar-refractivity contribution < 1.29 is 10.0 Å². The molecule has 4 fully saturated rings. The fraction of sp³-hybridized carbons (Fsp3) is 0.647. The van der Waals surface area contributed by atoms with E-state index in [9.17, 15) is 10.0 Å². The van der Waals surface area contributed by atoms with E-state index in [1.807, 2.05) is 0 Å². The molecule has 4 saturated carbocycles. The first-order chi connectivity index (χ1) is 10.1. The van der Waals surface area contributed by atoms with Gasteiger partial charge in [0.2, 0.25) is 5.91 Å². The summed E-state index contributed by atoms with van der Waals surface area (Å²) in [4.78, 5) is 16.5. The van der Waals surface area contributed by atoms with Crippen LogP contribution >= 0.6 is 0 Å². The summed E-state index contributed by atoms with van der Waals surface area (Å²) in [6, 6.07) is 5.16. The molecule has 4 bridgehead atoms. The van der Waals surface area contributed by atoms with Crippen molar-refractivity contribution >= 4 is 5.91 Å². The van der Waals surface area contributed by atoms with Crippen LogP contribution < -0.4 is 5.49 Å². The quantitative estimate of drug-likeness (QED) is 0.850. The maximum absolute atomic E-state index is 12.4. The molecule has 0 spiro atoms. The molecule has 4 nitrogen and oxygen atoms in total. The third-order valence-corrected chi connectivity index (χ3v) is 5.75. The summed E-state index contributed by atoms with van der Waals surface area (Å²) in [7, 11) is 0. The number of carbonyl (C=O) groups is 1. The van der Waals surface area contributed by atoms with Gasteiger partial charge in [-0.2, -0.15) is 9.72 Å². The minimum Gasteiger partial charge on any atom is -0.427 e. The van der Waals surface area contributed by atoms with Crippen LogP contribution in [-0.2, 0) is 4.79 Å². The molecule has 4 aliphatic carbocycles. The van der Waals surface area contributed by atoms with Crippen LogP contribution in [0.15, 0.2) is 29.4 Å². The number of amides is 1. The van der Waals surface area contributed by atoms with Crippen molar-refractivity contribution in [3.63, 3.8) is 0 Å². The molecule has 0 unspecified atom stereocenters. The molecule has 4 aliphatic rings. The van der Waals surface area contributed by atoms with Gasteiger partial charge in [-0.15, -0.1) is 0 Å². The van der Waals surface area contributed by atoms with Gasteiger partial charge in [0.25, 0.3) is 0 Å². The van der Waals surface area contributed by atoms with Gasteiger partial charge in [-0.1, -0.05) is 6.07 Å². The number of aromatic nitrogens is 1. The molecule has 112 valence electrons. The summed E-state index contributed by atoms with van der Waals surface area (Å²) in [5.74, 6) is 2.47. The molecule has 1 aromatic rings. The third-order valence-electron chi connectivity index (χ3n) is 5.75. The maximum Gasteiger partial charge on any atom is 0.248 e. The lowest BCUT2D eigenvalue weighted by atomic mass is 9.49. The average Bonchev–Trinajstić information content (AvgIpc) is 2.39.